The first-order chi connectivity index (χ1) is 10.9. The largest absolute Gasteiger partial charge is 0.479 e. The molecule has 2 unspecified atom stereocenters. The second-order valence-corrected chi connectivity index (χ2v) is 8.34. The van der Waals surface area contributed by atoms with Crippen molar-refractivity contribution in [2.75, 3.05) is 0 Å². The van der Waals surface area contributed by atoms with Gasteiger partial charge in [-0.3, -0.25) is 13.9 Å². The number of carbonyl (C=O) groups excluding carboxylic acids is 1. The molecule has 24 heavy (non-hydrogen) atoms. The number of hydrogen-bond donors (Lipinski definition) is 5. The van der Waals surface area contributed by atoms with Gasteiger partial charge in [-0.25, -0.2) is 13.7 Å². The molecule has 10 nitrogen and oxygen atoms in total. The van der Waals surface area contributed by atoms with Crippen molar-refractivity contribution >= 4 is 42.3 Å². The fourth-order valence-electron chi connectivity index (χ4n) is 1.86. The van der Waals surface area contributed by atoms with Gasteiger partial charge < -0.3 is 5.11 Å². The monoisotopic (exact) mass is 398 g/mol. The van der Waals surface area contributed by atoms with Gasteiger partial charge in [-0.05, 0) is 18.4 Å². The van der Waals surface area contributed by atoms with Crippen molar-refractivity contribution in [2.24, 2.45) is 0 Å². The molecular formula is C11H14N2O8S3. The van der Waals surface area contributed by atoms with Crippen LogP contribution in [-0.4, -0.2) is 44.3 Å². The summed E-state index contributed by atoms with van der Waals surface area (Å²) in [7, 11) is -9.46. The lowest BCUT2D eigenvalue weighted by molar-refractivity contribution is -0.149. The van der Waals surface area contributed by atoms with Crippen LogP contribution in [0, 0.1) is 0 Å². The number of carbonyl (C=O) groups is 2. The summed E-state index contributed by atoms with van der Waals surface area (Å²) in [6, 6.07) is 8.20. The second-order valence-electron chi connectivity index (χ2n) is 4.68. The molecule has 0 saturated heterocycles. The van der Waals surface area contributed by atoms with Crippen LogP contribution in [0.3, 0.4) is 0 Å². The molecule has 0 spiro atoms. The summed E-state index contributed by atoms with van der Waals surface area (Å²) in [5.74, 6) is -3.69. The van der Waals surface area contributed by atoms with Crippen molar-refractivity contribution in [1.82, 2.24) is 9.44 Å². The van der Waals surface area contributed by atoms with Crippen molar-refractivity contribution in [1.29, 1.82) is 0 Å². The Hall–Kier alpha value is -1.64. The zero-order chi connectivity index (χ0) is 18.6. The Labute approximate surface area is 142 Å². The Morgan fingerprint density at radius 3 is 2.08 bits per heavy atom. The van der Waals surface area contributed by atoms with Gasteiger partial charge in [-0.2, -0.15) is 13.1 Å². The van der Waals surface area contributed by atoms with Crippen LogP contribution in [0.4, 0.5) is 0 Å². The highest BCUT2D eigenvalue weighted by Gasteiger charge is 2.49. The SMILES string of the molecule is O=C(O)C(CCc1ccccc1)(NS(=O)(O)=S)C(=O)NS(=O)(=O)O. The molecule has 1 aromatic rings. The average molecular weight is 398 g/mol. The van der Waals surface area contributed by atoms with Crippen LogP contribution in [0.2, 0.25) is 0 Å². The lowest BCUT2D eigenvalue weighted by Crippen LogP contribution is -2.64. The molecule has 0 aliphatic heterocycles. The van der Waals surface area contributed by atoms with Crippen LogP contribution < -0.4 is 9.44 Å². The summed E-state index contributed by atoms with van der Waals surface area (Å²) in [4.78, 5) is 23.6. The number of hydrogen-bond acceptors (Lipinski definition) is 6. The van der Waals surface area contributed by atoms with Gasteiger partial charge in [-0.1, -0.05) is 30.3 Å². The normalized spacial score (nSPS) is 16.6. The first-order valence-electron chi connectivity index (χ1n) is 6.19. The predicted molar refractivity (Wildman–Crippen MR) is 86.1 cm³/mol. The molecule has 0 aliphatic rings. The maximum Gasteiger partial charge on any atom is 0.359 e. The first-order valence-corrected chi connectivity index (χ1v) is 10.1. The van der Waals surface area contributed by atoms with E-state index in [9.17, 15) is 31.9 Å². The summed E-state index contributed by atoms with van der Waals surface area (Å²) >= 11 is 4.16. The van der Waals surface area contributed by atoms with E-state index in [2.05, 4.69) is 11.2 Å². The Balaban J connectivity index is 3.25. The summed E-state index contributed by atoms with van der Waals surface area (Å²) in [6.07, 6.45) is -0.675. The summed E-state index contributed by atoms with van der Waals surface area (Å²) in [6.45, 7) is 0. The van der Waals surface area contributed by atoms with Gasteiger partial charge in [-0.15, -0.1) is 0 Å². The van der Waals surface area contributed by atoms with E-state index in [4.69, 9.17) is 4.55 Å². The molecule has 134 valence electrons. The fraction of sp³-hybridized carbons (Fsp3) is 0.273. The van der Waals surface area contributed by atoms with Gasteiger partial charge >= 0.3 is 16.3 Å². The van der Waals surface area contributed by atoms with Gasteiger partial charge in [0.2, 0.25) is 14.5 Å². The van der Waals surface area contributed by atoms with Crippen LogP contribution in [0.25, 0.3) is 0 Å². The van der Waals surface area contributed by atoms with Crippen molar-refractivity contribution in [3.63, 3.8) is 0 Å². The van der Waals surface area contributed by atoms with E-state index in [1.54, 1.807) is 35.1 Å². The van der Waals surface area contributed by atoms with Crippen molar-refractivity contribution in [3.8, 4) is 0 Å². The zero-order valence-corrected chi connectivity index (χ0v) is 14.4. The molecule has 5 N–H and O–H groups in total. The molecule has 1 aromatic carbocycles. The minimum atomic E-state index is -5.09. The number of benzene rings is 1. The fourth-order valence-corrected chi connectivity index (χ4v) is 3.42. The molecule has 0 aliphatic carbocycles. The number of amides is 1. The average Bonchev–Trinajstić information content (AvgIpc) is 2.41. The van der Waals surface area contributed by atoms with Crippen LogP contribution in [0.1, 0.15) is 12.0 Å². The van der Waals surface area contributed by atoms with Gasteiger partial charge in [0.1, 0.15) is 0 Å². The molecule has 0 aromatic heterocycles. The highest BCUT2D eigenvalue weighted by molar-refractivity contribution is 8.28. The minimum absolute atomic E-state index is 0.0656. The Bertz CT molecular complexity index is 822. The lowest BCUT2D eigenvalue weighted by atomic mass is 9.91. The zero-order valence-electron chi connectivity index (χ0n) is 11.9. The molecule has 0 heterocycles. The predicted octanol–water partition coefficient (Wildman–Crippen LogP) is -0.914. The van der Waals surface area contributed by atoms with E-state index in [1.165, 1.54) is 0 Å². The molecule has 1 rings (SSSR count). The third-order valence-electron chi connectivity index (χ3n) is 2.91. The number of carboxylic acid groups (broad SMARTS) is 1. The molecule has 0 radical (unpaired) electrons. The first kappa shape index (κ1) is 20.4. The molecule has 0 saturated carbocycles. The molecule has 13 heteroatoms. The standard InChI is InChI=1S/C11H14N2O8S3/c14-9(12-23(17,18)19)11(10(15)16,13-24(20,21)22)7-6-8-4-2-1-3-5-8/h1-5,13H,6-7H2,(H,12,14)(H,15,16)(H,17,18,19)(H,20,21,22). The van der Waals surface area contributed by atoms with Crippen LogP contribution in [-0.2, 0) is 46.5 Å². The third-order valence-corrected chi connectivity index (χ3v) is 4.21. The van der Waals surface area contributed by atoms with Crippen LogP contribution in [0.15, 0.2) is 30.3 Å². The third kappa shape index (κ3) is 6.10. The highest BCUT2D eigenvalue weighted by Crippen LogP contribution is 2.18. The van der Waals surface area contributed by atoms with Gasteiger partial charge in [0.25, 0.3) is 5.91 Å². The number of aliphatic carboxylic acids is 1. The van der Waals surface area contributed by atoms with E-state index >= 15 is 0 Å². The minimum Gasteiger partial charge on any atom is -0.479 e. The van der Waals surface area contributed by atoms with Crippen molar-refractivity contribution in [2.45, 2.75) is 18.4 Å². The lowest BCUT2D eigenvalue weighted by Gasteiger charge is -2.28. The number of rotatable bonds is 8. The smallest absolute Gasteiger partial charge is 0.359 e. The van der Waals surface area contributed by atoms with E-state index in [-0.39, 0.29) is 6.42 Å². The molecule has 1 amide bonds. The quantitative estimate of drug-likeness (QED) is 0.274. The summed E-state index contributed by atoms with van der Waals surface area (Å²) in [5.41, 5.74) is -2.27. The van der Waals surface area contributed by atoms with Gasteiger partial charge in [0.05, 0.1) is 0 Å². The van der Waals surface area contributed by atoms with E-state index in [1.807, 2.05) is 0 Å². The maximum absolute atomic E-state index is 12.0. The number of carboxylic acids is 1. The molecule has 0 fully saturated rings. The Morgan fingerprint density at radius 2 is 1.67 bits per heavy atom. The maximum atomic E-state index is 12.0. The molecule has 2 atom stereocenters. The highest BCUT2D eigenvalue weighted by atomic mass is 32.8. The molecule has 0 bridgehead atoms. The van der Waals surface area contributed by atoms with Crippen molar-refractivity contribution < 1.29 is 36.4 Å². The topological polar surface area (TPSA) is 170 Å². The van der Waals surface area contributed by atoms with E-state index < -0.39 is 43.1 Å². The van der Waals surface area contributed by atoms with Crippen LogP contribution in [0.5, 0.6) is 0 Å². The van der Waals surface area contributed by atoms with Crippen molar-refractivity contribution in [3.05, 3.63) is 35.9 Å². The second kappa shape index (κ2) is 7.50. The molecular weight excluding hydrogens is 384 g/mol. The number of nitrogens with one attached hydrogen (secondary N) is 2. The Kier molecular flexibility index (Phi) is 6.38. The van der Waals surface area contributed by atoms with E-state index in [0.717, 1.165) is 4.72 Å². The number of aryl methyl sites for hydroxylation is 1. The van der Waals surface area contributed by atoms with Gasteiger partial charge in [0, 0.05) is 11.2 Å². The van der Waals surface area contributed by atoms with E-state index in [0.29, 0.717) is 5.56 Å². The van der Waals surface area contributed by atoms with Gasteiger partial charge in [0.15, 0.2) is 0 Å². The van der Waals surface area contributed by atoms with Crippen LogP contribution >= 0.6 is 0 Å². The Morgan fingerprint density at radius 1 is 1.12 bits per heavy atom. The summed E-state index contributed by atoms with van der Waals surface area (Å²) in [5, 5.41) is 9.35. The summed E-state index contributed by atoms with van der Waals surface area (Å²) < 4.78 is 53.5.